The molecule has 0 aliphatic heterocycles. The summed E-state index contributed by atoms with van der Waals surface area (Å²) in [7, 11) is 1.76. The molecule has 2 aliphatic rings. The van der Waals surface area contributed by atoms with Crippen molar-refractivity contribution >= 4 is 15.9 Å². The van der Waals surface area contributed by atoms with Crippen molar-refractivity contribution in [3.05, 3.63) is 28.5 Å². The van der Waals surface area contributed by atoms with E-state index in [0.29, 0.717) is 5.41 Å². The lowest BCUT2D eigenvalue weighted by Crippen LogP contribution is -2.36. The number of hydrogen-bond donors (Lipinski definition) is 1. The van der Waals surface area contributed by atoms with Gasteiger partial charge in [0.25, 0.3) is 0 Å². The Morgan fingerprint density at radius 3 is 2.90 bits per heavy atom. The van der Waals surface area contributed by atoms with Crippen LogP contribution in [0.1, 0.15) is 24.8 Å². The SMILES string of the molecule is COCCNCC1(Cc2cncc(Br)c2)CC2CC2C1. The maximum Gasteiger partial charge on any atom is 0.0587 e. The zero-order valence-electron chi connectivity index (χ0n) is 12.1. The molecule has 0 bridgehead atoms. The van der Waals surface area contributed by atoms with Crippen LogP contribution in [-0.4, -0.2) is 31.8 Å². The molecule has 20 heavy (non-hydrogen) atoms. The van der Waals surface area contributed by atoms with E-state index in [4.69, 9.17) is 4.74 Å². The van der Waals surface area contributed by atoms with Gasteiger partial charge in [-0.25, -0.2) is 0 Å². The quantitative estimate of drug-likeness (QED) is 0.776. The predicted molar refractivity (Wildman–Crippen MR) is 83.7 cm³/mol. The number of hydrogen-bond acceptors (Lipinski definition) is 3. The number of nitrogens with one attached hydrogen (secondary N) is 1. The maximum atomic E-state index is 5.12. The predicted octanol–water partition coefficient (Wildman–Crippen LogP) is 3.04. The van der Waals surface area contributed by atoms with Crippen LogP contribution in [0.2, 0.25) is 0 Å². The van der Waals surface area contributed by atoms with Gasteiger partial charge in [-0.3, -0.25) is 4.98 Å². The van der Waals surface area contributed by atoms with Gasteiger partial charge in [-0.2, -0.15) is 0 Å². The van der Waals surface area contributed by atoms with Gasteiger partial charge in [0.1, 0.15) is 0 Å². The second-order valence-corrected chi connectivity index (χ2v) is 7.44. The molecule has 0 saturated heterocycles. The molecule has 1 N–H and O–H groups in total. The van der Waals surface area contributed by atoms with Crippen LogP contribution >= 0.6 is 15.9 Å². The van der Waals surface area contributed by atoms with Crippen molar-refractivity contribution in [3.8, 4) is 0 Å². The monoisotopic (exact) mass is 338 g/mol. The Kier molecular flexibility index (Phi) is 4.43. The van der Waals surface area contributed by atoms with Gasteiger partial charge in [0.05, 0.1) is 6.61 Å². The molecule has 0 amide bonds. The number of aromatic nitrogens is 1. The second-order valence-electron chi connectivity index (χ2n) is 6.52. The average molecular weight is 339 g/mol. The average Bonchev–Trinajstić information content (AvgIpc) is 3.03. The highest BCUT2D eigenvalue weighted by molar-refractivity contribution is 9.10. The van der Waals surface area contributed by atoms with Gasteiger partial charge in [0, 0.05) is 37.1 Å². The van der Waals surface area contributed by atoms with Crippen LogP contribution in [0.5, 0.6) is 0 Å². The van der Waals surface area contributed by atoms with E-state index in [1.54, 1.807) is 7.11 Å². The van der Waals surface area contributed by atoms with Crippen molar-refractivity contribution in [2.75, 3.05) is 26.8 Å². The molecular formula is C16H23BrN2O. The van der Waals surface area contributed by atoms with Gasteiger partial charge < -0.3 is 10.1 Å². The fourth-order valence-corrected chi connectivity index (χ4v) is 4.28. The normalized spacial score (nSPS) is 31.3. The minimum atomic E-state index is 0.434. The van der Waals surface area contributed by atoms with E-state index in [-0.39, 0.29) is 0 Å². The van der Waals surface area contributed by atoms with E-state index in [9.17, 15) is 0 Å². The topological polar surface area (TPSA) is 34.1 Å². The lowest BCUT2D eigenvalue weighted by atomic mass is 9.77. The van der Waals surface area contributed by atoms with E-state index in [2.05, 4.69) is 32.3 Å². The molecule has 110 valence electrons. The standard InChI is InChI=1S/C16H23BrN2O/c1-20-3-2-18-11-16(7-13-5-14(13)8-16)6-12-4-15(17)10-19-9-12/h4,9-10,13-14,18H,2-3,5-8,11H2,1H3. The van der Waals surface area contributed by atoms with Crippen LogP contribution < -0.4 is 5.32 Å². The van der Waals surface area contributed by atoms with E-state index >= 15 is 0 Å². The first-order chi connectivity index (χ1) is 9.71. The van der Waals surface area contributed by atoms with Crippen LogP contribution in [0.4, 0.5) is 0 Å². The molecule has 2 unspecified atom stereocenters. The Hall–Kier alpha value is -0.450. The van der Waals surface area contributed by atoms with Crippen molar-refractivity contribution in [3.63, 3.8) is 0 Å². The van der Waals surface area contributed by atoms with E-state index in [1.165, 1.54) is 24.8 Å². The first-order valence-corrected chi connectivity index (χ1v) is 8.29. The molecule has 2 aliphatic carbocycles. The van der Waals surface area contributed by atoms with Crippen molar-refractivity contribution < 1.29 is 4.74 Å². The largest absolute Gasteiger partial charge is 0.383 e. The summed E-state index contributed by atoms with van der Waals surface area (Å²) in [5.74, 6) is 2.00. The summed E-state index contributed by atoms with van der Waals surface area (Å²) >= 11 is 3.53. The van der Waals surface area contributed by atoms with Crippen LogP contribution in [0, 0.1) is 17.3 Å². The molecule has 1 aromatic rings. The number of pyridine rings is 1. The fraction of sp³-hybridized carbons (Fsp3) is 0.688. The Morgan fingerprint density at radius 2 is 2.20 bits per heavy atom. The van der Waals surface area contributed by atoms with Gasteiger partial charge in [0.15, 0.2) is 0 Å². The Morgan fingerprint density at radius 1 is 1.40 bits per heavy atom. The molecule has 2 atom stereocenters. The molecule has 1 heterocycles. The second kappa shape index (κ2) is 6.12. The molecule has 2 saturated carbocycles. The Bertz CT molecular complexity index is 456. The van der Waals surface area contributed by atoms with Gasteiger partial charge in [-0.15, -0.1) is 0 Å². The van der Waals surface area contributed by atoms with Crippen LogP contribution in [0.3, 0.4) is 0 Å². The summed E-state index contributed by atoms with van der Waals surface area (Å²) in [6, 6.07) is 2.22. The van der Waals surface area contributed by atoms with Gasteiger partial charge in [-0.1, -0.05) is 0 Å². The van der Waals surface area contributed by atoms with Crippen LogP contribution in [0.25, 0.3) is 0 Å². The van der Waals surface area contributed by atoms with Crippen LogP contribution in [0.15, 0.2) is 22.9 Å². The Labute approximate surface area is 129 Å². The zero-order chi connectivity index (χ0) is 14.0. The summed E-state index contributed by atoms with van der Waals surface area (Å²) in [5.41, 5.74) is 1.79. The maximum absolute atomic E-state index is 5.12. The number of methoxy groups -OCH3 is 1. The van der Waals surface area contributed by atoms with E-state index < -0.39 is 0 Å². The number of fused-ring (bicyclic) bond motifs is 1. The van der Waals surface area contributed by atoms with Crippen molar-refractivity contribution in [2.45, 2.75) is 25.7 Å². The minimum Gasteiger partial charge on any atom is -0.383 e. The highest BCUT2D eigenvalue weighted by Crippen LogP contribution is 2.60. The lowest BCUT2D eigenvalue weighted by Gasteiger charge is -2.31. The highest BCUT2D eigenvalue weighted by atomic mass is 79.9. The number of rotatable bonds is 7. The third-order valence-electron chi connectivity index (χ3n) is 4.78. The van der Waals surface area contributed by atoms with Crippen molar-refractivity contribution in [2.24, 2.45) is 17.3 Å². The van der Waals surface area contributed by atoms with Crippen LogP contribution in [-0.2, 0) is 11.2 Å². The lowest BCUT2D eigenvalue weighted by molar-refractivity contribution is 0.186. The fourth-order valence-electron chi connectivity index (χ4n) is 3.87. The van der Waals surface area contributed by atoms with Crippen molar-refractivity contribution in [1.29, 1.82) is 0 Å². The molecule has 0 aromatic carbocycles. The third kappa shape index (κ3) is 3.41. The van der Waals surface area contributed by atoms with E-state index in [1.807, 2.05) is 12.4 Å². The Balaban J connectivity index is 1.63. The number of ether oxygens (including phenoxy) is 1. The van der Waals surface area contributed by atoms with Crippen molar-refractivity contribution in [1.82, 2.24) is 10.3 Å². The molecule has 1 aromatic heterocycles. The summed E-state index contributed by atoms with van der Waals surface area (Å²) in [5, 5.41) is 3.59. The summed E-state index contributed by atoms with van der Waals surface area (Å²) < 4.78 is 6.21. The molecule has 2 fully saturated rings. The molecule has 4 heteroatoms. The number of halogens is 1. The van der Waals surface area contributed by atoms with Gasteiger partial charge in [-0.05, 0) is 70.5 Å². The first-order valence-electron chi connectivity index (χ1n) is 7.50. The first kappa shape index (κ1) is 14.5. The zero-order valence-corrected chi connectivity index (χ0v) is 13.7. The molecule has 3 nitrogen and oxygen atoms in total. The number of nitrogens with zero attached hydrogens (tertiary/aromatic N) is 1. The van der Waals surface area contributed by atoms with Gasteiger partial charge in [0.2, 0.25) is 0 Å². The smallest absolute Gasteiger partial charge is 0.0587 e. The summed E-state index contributed by atoms with van der Waals surface area (Å²) in [6.07, 6.45) is 9.25. The highest BCUT2D eigenvalue weighted by Gasteiger charge is 2.53. The third-order valence-corrected chi connectivity index (χ3v) is 5.22. The van der Waals surface area contributed by atoms with E-state index in [0.717, 1.165) is 42.4 Å². The molecule has 0 radical (unpaired) electrons. The molecule has 0 spiro atoms. The molecule has 3 rings (SSSR count). The van der Waals surface area contributed by atoms with Gasteiger partial charge >= 0.3 is 0 Å². The molecular weight excluding hydrogens is 316 g/mol. The summed E-state index contributed by atoms with van der Waals surface area (Å²) in [6.45, 7) is 2.85. The minimum absolute atomic E-state index is 0.434. The summed E-state index contributed by atoms with van der Waals surface area (Å²) in [4.78, 5) is 4.31.